The lowest BCUT2D eigenvalue weighted by Crippen LogP contribution is -2.21. The Morgan fingerprint density at radius 3 is 2.56 bits per heavy atom. The van der Waals surface area contributed by atoms with Crippen LogP contribution in [0.1, 0.15) is 0 Å². The Hall–Kier alpha value is -1.88. The Morgan fingerprint density at radius 1 is 1.11 bits per heavy atom. The van der Waals surface area contributed by atoms with E-state index >= 15 is 0 Å². The molecule has 2 aromatic rings. The standard InChI is InChI=1S/C13H14N2O2S/c14-11-6-7-13(16)15(10-11)8-9-18(17)12-4-2-1-3-5-12/h1-7,10H,8-9,14H2. The van der Waals surface area contributed by atoms with E-state index in [2.05, 4.69) is 0 Å². The number of nitrogen functional groups attached to an aromatic ring is 1. The molecule has 2 N–H and O–H groups in total. The van der Waals surface area contributed by atoms with Crippen molar-refractivity contribution in [2.75, 3.05) is 11.5 Å². The Labute approximate surface area is 108 Å². The van der Waals surface area contributed by atoms with E-state index in [9.17, 15) is 9.00 Å². The van der Waals surface area contributed by atoms with Crippen LogP contribution in [0.15, 0.2) is 58.4 Å². The first kappa shape index (κ1) is 12.6. The highest BCUT2D eigenvalue weighted by molar-refractivity contribution is 7.85. The summed E-state index contributed by atoms with van der Waals surface area (Å²) >= 11 is 0. The molecule has 0 radical (unpaired) electrons. The third-order valence-corrected chi connectivity index (χ3v) is 3.88. The topological polar surface area (TPSA) is 65.1 Å². The molecule has 1 heterocycles. The lowest BCUT2D eigenvalue weighted by molar-refractivity contribution is 0.669. The monoisotopic (exact) mass is 262 g/mol. The van der Waals surface area contributed by atoms with Gasteiger partial charge in [0.2, 0.25) is 0 Å². The predicted molar refractivity (Wildman–Crippen MR) is 72.8 cm³/mol. The van der Waals surface area contributed by atoms with Crippen molar-refractivity contribution < 1.29 is 4.21 Å². The summed E-state index contributed by atoms with van der Waals surface area (Å²) in [5, 5.41) is 0. The fraction of sp³-hybridized carbons (Fsp3) is 0.154. The summed E-state index contributed by atoms with van der Waals surface area (Å²) < 4.78 is 13.5. The average molecular weight is 262 g/mol. The van der Waals surface area contributed by atoms with Crippen molar-refractivity contribution in [3.63, 3.8) is 0 Å². The molecular formula is C13H14N2O2S. The number of aromatic nitrogens is 1. The molecule has 0 amide bonds. The summed E-state index contributed by atoms with van der Waals surface area (Å²) in [4.78, 5) is 12.3. The first-order valence-electron chi connectivity index (χ1n) is 5.56. The van der Waals surface area contributed by atoms with Crippen LogP contribution in [0.5, 0.6) is 0 Å². The summed E-state index contributed by atoms with van der Waals surface area (Å²) in [7, 11) is -1.10. The molecule has 1 atom stereocenters. The van der Waals surface area contributed by atoms with Gasteiger partial charge in [-0.15, -0.1) is 0 Å². The number of benzene rings is 1. The van der Waals surface area contributed by atoms with Gasteiger partial charge in [-0.3, -0.25) is 9.00 Å². The molecule has 0 aliphatic carbocycles. The van der Waals surface area contributed by atoms with E-state index in [4.69, 9.17) is 5.73 Å². The minimum atomic E-state index is -1.10. The number of anilines is 1. The van der Waals surface area contributed by atoms with Crippen LogP contribution in [0, 0.1) is 0 Å². The fourth-order valence-electron chi connectivity index (χ4n) is 1.60. The molecule has 1 aromatic carbocycles. The Balaban J connectivity index is 2.06. The molecule has 0 saturated heterocycles. The van der Waals surface area contributed by atoms with Gasteiger partial charge in [0, 0.05) is 35.1 Å². The summed E-state index contributed by atoms with van der Waals surface area (Å²) in [6, 6.07) is 12.2. The molecule has 5 heteroatoms. The molecule has 0 fully saturated rings. The minimum Gasteiger partial charge on any atom is -0.398 e. The third kappa shape index (κ3) is 3.07. The van der Waals surface area contributed by atoms with Crippen LogP contribution >= 0.6 is 0 Å². The van der Waals surface area contributed by atoms with Crippen LogP contribution in [0.2, 0.25) is 0 Å². The quantitative estimate of drug-likeness (QED) is 0.901. The summed E-state index contributed by atoms with van der Waals surface area (Å²) in [6.45, 7) is 0.394. The van der Waals surface area contributed by atoms with Gasteiger partial charge in [0.15, 0.2) is 0 Å². The maximum Gasteiger partial charge on any atom is 0.250 e. The van der Waals surface area contributed by atoms with E-state index in [1.807, 2.05) is 30.3 Å². The molecular weight excluding hydrogens is 248 g/mol. The summed E-state index contributed by atoms with van der Waals surface area (Å²) in [6.07, 6.45) is 1.57. The van der Waals surface area contributed by atoms with Crippen LogP contribution in [-0.2, 0) is 17.3 Å². The van der Waals surface area contributed by atoms with E-state index in [1.54, 1.807) is 12.3 Å². The molecule has 1 unspecified atom stereocenters. The van der Waals surface area contributed by atoms with Crippen molar-refractivity contribution in [3.8, 4) is 0 Å². The van der Waals surface area contributed by atoms with Crippen LogP contribution in [0.3, 0.4) is 0 Å². The molecule has 1 aromatic heterocycles. The zero-order chi connectivity index (χ0) is 13.0. The van der Waals surface area contributed by atoms with Crippen LogP contribution < -0.4 is 11.3 Å². The first-order chi connectivity index (χ1) is 8.66. The van der Waals surface area contributed by atoms with Crippen molar-refractivity contribution in [2.45, 2.75) is 11.4 Å². The normalized spacial score (nSPS) is 12.2. The predicted octanol–water partition coefficient (Wildman–Crippen LogP) is 1.24. The zero-order valence-corrected chi connectivity index (χ0v) is 10.6. The molecule has 0 aliphatic rings. The second-order valence-corrected chi connectivity index (χ2v) is 5.43. The maximum atomic E-state index is 12.0. The van der Waals surface area contributed by atoms with Gasteiger partial charge in [-0.25, -0.2) is 0 Å². The molecule has 0 aliphatic heterocycles. The van der Waals surface area contributed by atoms with E-state index < -0.39 is 10.8 Å². The number of rotatable bonds is 4. The molecule has 94 valence electrons. The van der Waals surface area contributed by atoms with Gasteiger partial charge in [-0.05, 0) is 18.2 Å². The van der Waals surface area contributed by atoms with Crippen molar-refractivity contribution in [1.29, 1.82) is 0 Å². The lowest BCUT2D eigenvalue weighted by atomic mass is 10.4. The van der Waals surface area contributed by atoms with Crippen LogP contribution in [0.25, 0.3) is 0 Å². The summed E-state index contributed by atoms with van der Waals surface area (Å²) in [5.41, 5.74) is 6.01. The van der Waals surface area contributed by atoms with Crippen molar-refractivity contribution in [1.82, 2.24) is 4.57 Å². The van der Waals surface area contributed by atoms with Gasteiger partial charge in [0.25, 0.3) is 5.56 Å². The number of aryl methyl sites for hydroxylation is 1. The van der Waals surface area contributed by atoms with E-state index in [1.165, 1.54) is 10.6 Å². The van der Waals surface area contributed by atoms with Gasteiger partial charge in [-0.1, -0.05) is 18.2 Å². The summed E-state index contributed by atoms with van der Waals surface area (Å²) in [5.74, 6) is 0.396. The van der Waals surface area contributed by atoms with Gasteiger partial charge in [0.1, 0.15) is 0 Å². The first-order valence-corrected chi connectivity index (χ1v) is 6.88. The molecule has 2 rings (SSSR count). The Morgan fingerprint density at radius 2 is 1.83 bits per heavy atom. The van der Waals surface area contributed by atoms with Crippen molar-refractivity contribution in [3.05, 3.63) is 59.0 Å². The fourth-order valence-corrected chi connectivity index (χ4v) is 2.65. The molecule has 0 spiro atoms. The molecule has 0 saturated carbocycles. The van der Waals surface area contributed by atoms with Crippen LogP contribution in [-0.4, -0.2) is 14.5 Å². The van der Waals surface area contributed by atoms with E-state index in [0.717, 1.165) is 4.90 Å². The van der Waals surface area contributed by atoms with Crippen molar-refractivity contribution >= 4 is 16.5 Å². The van der Waals surface area contributed by atoms with Crippen molar-refractivity contribution in [2.24, 2.45) is 0 Å². The molecule has 0 bridgehead atoms. The minimum absolute atomic E-state index is 0.130. The highest BCUT2D eigenvalue weighted by atomic mass is 32.2. The smallest absolute Gasteiger partial charge is 0.250 e. The van der Waals surface area contributed by atoms with Gasteiger partial charge in [0.05, 0.1) is 10.8 Å². The maximum absolute atomic E-state index is 12.0. The van der Waals surface area contributed by atoms with Gasteiger partial charge < -0.3 is 10.3 Å². The number of hydrogen-bond donors (Lipinski definition) is 1. The second kappa shape index (κ2) is 5.64. The average Bonchev–Trinajstić information content (AvgIpc) is 2.40. The number of hydrogen-bond acceptors (Lipinski definition) is 3. The Kier molecular flexibility index (Phi) is 3.94. The molecule has 4 nitrogen and oxygen atoms in total. The second-order valence-electron chi connectivity index (χ2n) is 3.86. The number of nitrogens with zero attached hydrogens (tertiary/aromatic N) is 1. The highest BCUT2D eigenvalue weighted by Crippen LogP contribution is 2.06. The number of pyridine rings is 1. The Bertz CT molecular complexity index is 608. The largest absolute Gasteiger partial charge is 0.398 e. The lowest BCUT2D eigenvalue weighted by Gasteiger charge is -2.06. The molecule has 18 heavy (non-hydrogen) atoms. The van der Waals surface area contributed by atoms with E-state index in [0.29, 0.717) is 18.0 Å². The van der Waals surface area contributed by atoms with E-state index in [-0.39, 0.29) is 5.56 Å². The SMILES string of the molecule is Nc1ccc(=O)n(CCS(=O)c2ccccc2)c1. The number of nitrogens with two attached hydrogens (primary N) is 1. The highest BCUT2D eigenvalue weighted by Gasteiger charge is 2.04. The van der Waals surface area contributed by atoms with Gasteiger partial charge >= 0.3 is 0 Å². The van der Waals surface area contributed by atoms with Crippen LogP contribution in [0.4, 0.5) is 5.69 Å². The zero-order valence-electron chi connectivity index (χ0n) is 9.78. The van der Waals surface area contributed by atoms with Gasteiger partial charge in [-0.2, -0.15) is 0 Å². The third-order valence-electron chi connectivity index (χ3n) is 2.53.